The molecule has 2 aromatic heterocycles. The van der Waals surface area contributed by atoms with Gasteiger partial charge in [-0.25, -0.2) is 9.97 Å². The van der Waals surface area contributed by atoms with Crippen LogP contribution < -0.4 is 9.47 Å². The summed E-state index contributed by atoms with van der Waals surface area (Å²) in [6, 6.07) is 6.11. The second-order valence-corrected chi connectivity index (χ2v) is 6.39. The fourth-order valence-electron chi connectivity index (χ4n) is 3.11. The summed E-state index contributed by atoms with van der Waals surface area (Å²) in [5, 5.41) is 4.02. The highest BCUT2D eigenvalue weighted by molar-refractivity contribution is 5.47. The van der Waals surface area contributed by atoms with Crippen LogP contribution in [0.2, 0.25) is 0 Å². The molecule has 25 heavy (non-hydrogen) atoms. The SMILES string of the molecule is Cc1cnc(-c2noc(C3CC3c3ccc4c(c3)OCCO4)n2)nc1. The highest BCUT2D eigenvalue weighted by atomic mass is 16.6. The Balaban J connectivity index is 1.35. The van der Waals surface area contributed by atoms with Gasteiger partial charge >= 0.3 is 0 Å². The predicted molar refractivity (Wildman–Crippen MR) is 87.6 cm³/mol. The van der Waals surface area contributed by atoms with Crippen molar-refractivity contribution in [3.05, 3.63) is 47.6 Å². The number of aryl methyl sites for hydroxylation is 1. The van der Waals surface area contributed by atoms with Gasteiger partial charge in [0.25, 0.3) is 0 Å². The van der Waals surface area contributed by atoms with Gasteiger partial charge in [-0.3, -0.25) is 0 Å². The Morgan fingerprint density at radius 2 is 1.76 bits per heavy atom. The van der Waals surface area contributed by atoms with Crippen LogP contribution in [0.3, 0.4) is 0 Å². The van der Waals surface area contributed by atoms with E-state index in [0.717, 1.165) is 23.5 Å². The minimum atomic E-state index is 0.231. The molecule has 1 fully saturated rings. The molecule has 7 nitrogen and oxygen atoms in total. The topological polar surface area (TPSA) is 83.2 Å². The fourth-order valence-corrected chi connectivity index (χ4v) is 3.11. The summed E-state index contributed by atoms with van der Waals surface area (Å²) in [5.74, 6) is 3.77. The Kier molecular flexibility index (Phi) is 3.19. The third kappa shape index (κ3) is 2.61. The molecule has 7 heteroatoms. The van der Waals surface area contributed by atoms with Gasteiger partial charge < -0.3 is 14.0 Å². The van der Waals surface area contributed by atoms with Crippen LogP contribution in [0, 0.1) is 6.92 Å². The first kappa shape index (κ1) is 14.4. The summed E-state index contributed by atoms with van der Waals surface area (Å²) in [5.41, 5.74) is 2.20. The van der Waals surface area contributed by atoms with Crippen molar-refractivity contribution in [2.45, 2.75) is 25.2 Å². The molecule has 5 rings (SSSR count). The molecule has 0 amide bonds. The number of rotatable bonds is 3. The van der Waals surface area contributed by atoms with Crippen LogP contribution in [-0.2, 0) is 0 Å². The zero-order chi connectivity index (χ0) is 16.8. The first-order chi connectivity index (χ1) is 12.3. The van der Waals surface area contributed by atoms with Gasteiger partial charge in [-0.2, -0.15) is 4.98 Å². The van der Waals surface area contributed by atoms with E-state index in [1.165, 1.54) is 5.56 Å². The van der Waals surface area contributed by atoms with Crippen molar-refractivity contribution in [1.82, 2.24) is 20.1 Å². The van der Waals surface area contributed by atoms with E-state index in [1.54, 1.807) is 12.4 Å². The van der Waals surface area contributed by atoms with Gasteiger partial charge in [0.1, 0.15) is 13.2 Å². The summed E-state index contributed by atoms with van der Waals surface area (Å²) in [7, 11) is 0. The minimum Gasteiger partial charge on any atom is -0.486 e. The van der Waals surface area contributed by atoms with Gasteiger partial charge in [-0.1, -0.05) is 11.2 Å². The molecule has 3 heterocycles. The molecule has 3 aromatic rings. The molecule has 0 N–H and O–H groups in total. The fraction of sp³-hybridized carbons (Fsp3) is 0.333. The quantitative estimate of drug-likeness (QED) is 0.727. The van der Waals surface area contributed by atoms with Gasteiger partial charge in [0.15, 0.2) is 11.5 Å². The Hall–Kier alpha value is -2.96. The molecular formula is C18H16N4O3. The number of benzene rings is 1. The second kappa shape index (κ2) is 5.54. The molecule has 0 spiro atoms. The van der Waals surface area contributed by atoms with Crippen LogP contribution in [0.15, 0.2) is 35.1 Å². The van der Waals surface area contributed by atoms with Crippen molar-refractivity contribution >= 4 is 0 Å². The lowest BCUT2D eigenvalue weighted by atomic mass is 10.1. The first-order valence-electron chi connectivity index (χ1n) is 8.30. The van der Waals surface area contributed by atoms with Gasteiger partial charge in [0, 0.05) is 18.3 Å². The third-order valence-electron chi connectivity index (χ3n) is 4.52. The lowest BCUT2D eigenvalue weighted by Gasteiger charge is -2.18. The molecule has 2 unspecified atom stereocenters. The molecule has 2 aliphatic rings. The second-order valence-electron chi connectivity index (χ2n) is 6.39. The van der Waals surface area contributed by atoms with Crippen LogP contribution in [0.25, 0.3) is 11.6 Å². The third-order valence-corrected chi connectivity index (χ3v) is 4.52. The van der Waals surface area contributed by atoms with Crippen molar-refractivity contribution in [3.63, 3.8) is 0 Å². The van der Waals surface area contributed by atoms with Crippen molar-refractivity contribution in [1.29, 1.82) is 0 Å². The smallest absolute Gasteiger partial charge is 0.240 e. The molecule has 2 atom stereocenters. The maximum absolute atomic E-state index is 5.66. The van der Waals surface area contributed by atoms with Crippen molar-refractivity contribution in [2.75, 3.05) is 13.2 Å². The van der Waals surface area contributed by atoms with Gasteiger partial charge in [0.2, 0.25) is 17.5 Å². The summed E-state index contributed by atoms with van der Waals surface area (Å²) in [4.78, 5) is 13.0. The summed E-state index contributed by atoms with van der Waals surface area (Å²) < 4.78 is 16.7. The Labute approximate surface area is 144 Å². The van der Waals surface area contributed by atoms with Crippen LogP contribution in [-0.4, -0.2) is 33.3 Å². The molecule has 0 bridgehead atoms. The standard InChI is InChI=1S/C18H16N4O3/c1-10-8-19-16(20-9-10)17-21-18(25-22-17)13-7-12(13)11-2-3-14-15(6-11)24-5-4-23-14/h2-3,6,8-9,12-13H,4-5,7H2,1H3. The van der Waals surface area contributed by atoms with Crippen LogP contribution >= 0.6 is 0 Å². The van der Waals surface area contributed by atoms with E-state index in [0.29, 0.717) is 36.7 Å². The summed E-state index contributed by atoms with van der Waals surface area (Å²) in [6.45, 7) is 3.13. The van der Waals surface area contributed by atoms with E-state index < -0.39 is 0 Å². The zero-order valence-electron chi connectivity index (χ0n) is 13.7. The zero-order valence-corrected chi connectivity index (χ0v) is 13.7. The van der Waals surface area contributed by atoms with E-state index in [1.807, 2.05) is 13.0 Å². The van der Waals surface area contributed by atoms with Crippen LogP contribution in [0.5, 0.6) is 11.5 Å². The van der Waals surface area contributed by atoms with E-state index in [4.69, 9.17) is 14.0 Å². The number of hydrogen-bond acceptors (Lipinski definition) is 7. The maximum Gasteiger partial charge on any atom is 0.240 e. The highest BCUT2D eigenvalue weighted by Gasteiger charge is 2.44. The van der Waals surface area contributed by atoms with Crippen molar-refractivity contribution < 1.29 is 14.0 Å². The van der Waals surface area contributed by atoms with E-state index in [-0.39, 0.29) is 5.92 Å². The van der Waals surface area contributed by atoms with Gasteiger partial charge in [0.05, 0.1) is 0 Å². The molecule has 1 aromatic carbocycles. The lowest BCUT2D eigenvalue weighted by molar-refractivity contribution is 0.171. The predicted octanol–water partition coefficient (Wildman–Crippen LogP) is 2.88. The molecule has 1 saturated carbocycles. The van der Waals surface area contributed by atoms with Crippen molar-refractivity contribution in [3.8, 4) is 23.1 Å². The van der Waals surface area contributed by atoms with Gasteiger partial charge in [-0.05, 0) is 42.5 Å². The molecular weight excluding hydrogens is 320 g/mol. The normalized spacial score (nSPS) is 21.2. The van der Waals surface area contributed by atoms with E-state index >= 15 is 0 Å². The van der Waals surface area contributed by atoms with Crippen molar-refractivity contribution in [2.24, 2.45) is 0 Å². The Morgan fingerprint density at radius 1 is 0.960 bits per heavy atom. The Bertz CT molecular complexity index is 922. The van der Waals surface area contributed by atoms with E-state index in [2.05, 4.69) is 32.2 Å². The summed E-state index contributed by atoms with van der Waals surface area (Å²) in [6.07, 6.45) is 4.47. The monoisotopic (exact) mass is 336 g/mol. The molecule has 0 saturated heterocycles. The minimum absolute atomic E-state index is 0.231. The largest absolute Gasteiger partial charge is 0.486 e. The number of fused-ring (bicyclic) bond motifs is 1. The number of hydrogen-bond donors (Lipinski definition) is 0. The maximum atomic E-state index is 5.66. The van der Waals surface area contributed by atoms with E-state index in [9.17, 15) is 0 Å². The molecule has 0 radical (unpaired) electrons. The first-order valence-corrected chi connectivity index (χ1v) is 8.30. The Morgan fingerprint density at radius 3 is 2.60 bits per heavy atom. The molecule has 1 aliphatic carbocycles. The highest BCUT2D eigenvalue weighted by Crippen LogP contribution is 2.55. The number of aromatic nitrogens is 4. The van der Waals surface area contributed by atoms with Crippen LogP contribution in [0.4, 0.5) is 0 Å². The molecule has 126 valence electrons. The van der Waals surface area contributed by atoms with Crippen LogP contribution in [0.1, 0.15) is 35.3 Å². The molecule has 1 aliphatic heterocycles. The average Bonchev–Trinajstić information content (AvgIpc) is 3.31. The lowest BCUT2D eigenvalue weighted by Crippen LogP contribution is -2.15. The van der Waals surface area contributed by atoms with Gasteiger partial charge in [-0.15, -0.1) is 0 Å². The number of ether oxygens (including phenoxy) is 2. The number of nitrogens with zero attached hydrogens (tertiary/aromatic N) is 4. The summed E-state index contributed by atoms with van der Waals surface area (Å²) >= 11 is 0. The average molecular weight is 336 g/mol.